The Morgan fingerprint density at radius 1 is 1.13 bits per heavy atom. The van der Waals surface area contributed by atoms with Crippen molar-refractivity contribution in [1.29, 1.82) is 0 Å². The first-order valence-corrected chi connectivity index (χ1v) is 14.5. The van der Waals surface area contributed by atoms with Crippen molar-refractivity contribution in [2.45, 2.75) is 51.7 Å². The molecule has 1 fully saturated rings. The highest BCUT2D eigenvalue weighted by Crippen LogP contribution is 2.29. The van der Waals surface area contributed by atoms with E-state index in [-0.39, 0.29) is 24.0 Å². The predicted molar refractivity (Wildman–Crippen MR) is 147 cm³/mol. The van der Waals surface area contributed by atoms with Crippen LogP contribution in [0.5, 0.6) is 0 Å². The van der Waals surface area contributed by atoms with Crippen molar-refractivity contribution in [3.05, 3.63) is 65.2 Å². The molecule has 1 saturated heterocycles. The molecule has 1 unspecified atom stereocenters. The monoisotopic (exact) mass is 575 g/mol. The van der Waals surface area contributed by atoms with Gasteiger partial charge in [-0.3, -0.25) is 4.79 Å². The van der Waals surface area contributed by atoms with Crippen LogP contribution in [0.3, 0.4) is 0 Å². The molecule has 0 saturated carbocycles. The Kier molecular flexibility index (Phi) is 11.6. The maximum Gasteiger partial charge on any atom is 0.416 e. The maximum atomic E-state index is 12.8. The number of nitrogens with zero attached hydrogens (tertiary/aromatic N) is 2. The smallest absolute Gasteiger partial charge is 0.322 e. The van der Waals surface area contributed by atoms with Crippen LogP contribution in [0, 0.1) is 5.92 Å². The maximum absolute atomic E-state index is 12.8. The van der Waals surface area contributed by atoms with Gasteiger partial charge in [0.2, 0.25) is 10.0 Å². The van der Waals surface area contributed by atoms with E-state index in [9.17, 15) is 26.4 Å². The molecule has 0 aromatic heterocycles. The van der Waals surface area contributed by atoms with E-state index >= 15 is 0 Å². The topological polar surface area (TPSA) is 69.7 Å². The Balaban J connectivity index is 0.00000507. The van der Waals surface area contributed by atoms with Crippen LogP contribution in [0.15, 0.2) is 48.5 Å². The summed E-state index contributed by atoms with van der Waals surface area (Å²) < 4.78 is 63.5. The molecule has 38 heavy (non-hydrogen) atoms. The average Bonchev–Trinajstić information content (AvgIpc) is 2.83. The molecule has 1 atom stereocenters. The van der Waals surface area contributed by atoms with Crippen LogP contribution in [0.4, 0.5) is 18.9 Å². The van der Waals surface area contributed by atoms with Crippen LogP contribution >= 0.6 is 12.4 Å². The summed E-state index contributed by atoms with van der Waals surface area (Å²) in [4.78, 5) is 15.0. The third-order valence-electron chi connectivity index (χ3n) is 6.86. The first-order valence-electron chi connectivity index (χ1n) is 12.6. The van der Waals surface area contributed by atoms with Crippen molar-refractivity contribution in [1.82, 2.24) is 9.21 Å². The lowest BCUT2D eigenvalue weighted by Gasteiger charge is -2.36. The molecule has 0 spiro atoms. The molecular formula is C27H37ClF3N3O3S. The highest BCUT2D eigenvalue weighted by Gasteiger charge is 2.30. The molecule has 3 rings (SSSR count). The first kappa shape index (κ1) is 32.1. The number of hydrogen-bond donors (Lipinski definition) is 1. The van der Waals surface area contributed by atoms with Crippen LogP contribution in [0.1, 0.15) is 54.6 Å². The molecule has 1 aliphatic rings. The molecule has 1 N–H and O–H groups in total. The number of nitrogens with one attached hydrogen (secondary N) is 1. The Labute approximate surface area is 230 Å². The number of alkyl halides is 3. The normalized spacial score (nSPS) is 16.2. The lowest BCUT2D eigenvalue weighted by atomic mass is 9.96. The van der Waals surface area contributed by atoms with E-state index in [1.165, 1.54) is 18.4 Å². The minimum atomic E-state index is -4.45. The van der Waals surface area contributed by atoms with Gasteiger partial charge in [0, 0.05) is 36.9 Å². The van der Waals surface area contributed by atoms with E-state index in [2.05, 4.69) is 24.1 Å². The van der Waals surface area contributed by atoms with Gasteiger partial charge < -0.3 is 10.2 Å². The lowest BCUT2D eigenvalue weighted by Crippen LogP contribution is -2.44. The second kappa shape index (κ2) is 13.8. The van der Waals surface area contributed by atoms with Crippen molar-refractivity contribution in [3.63, 3.8) is 0 Å². The predicted octanol–water partition coefficient (Wildman–Crippen LogP) is 5.69. The number of piperidine rings is 1. The number of rotatable bonds is 10. The highest BCUT2D eigenvalue weighted by molar-refractivity contribution is 7.88. The number of anilines is 1. The summed E-state index contributed by atoms with van der Waals surface area (Å²) >= 11 is 0. The third kappa shape index (κ3) is 9.25. The molecule has 0 bridgehead atoms. The summed E-state index contributed by atoms with van der Waals surface area (Å²) in [6, 6.07) is 11.9. The third-order valence-corrected chi connectivity index (χ3v) is 8.16. The summed E-state index contributed by atoms with van der Waals surface area (Å²) in [6.45, 7) is 7.31. The minimum absolute atomic E-state index is 0. The molecule has 1 heterocycles. The van der Waals surface area contributed by atoms with E-state index in [1.54, 1.807) is 10.4 Å². The molecule has 0 radical (unpaired) electrons. The van der Waals surface area contributed by atoms with E-state index in [4.69, 9.17) is 0 Å². The first-order chi connectivity index (χ1) is 17.4. The number of carbonyl (C=O) groups is 1. The molecular weight excluding hydrogens is 539 g/mol. The van der Waals surface area contributed by atoms with Gasteiger partial charge >= 0.3 is 6.18 Å². The molecule has 1 amide bonds. The zero-order chi connectivity index (χ0) is 27.2. The number of halogens is 4. The molecule has 11 heteroatoms. The minimum Gasteiger partial charge on any atom is -0.322 e. The van der Waals surface area contributed by atoms with Crippen molar-refractivity contribution >= 4 is 34.0 Å². The zero-order valence-electron chi connectivity index (χ0n) is 22.0. The van der Waals surface area contributed by atoms with Crippen LogP contribution in [0.25, 0.3) is 0 Å². The van der Waals surface area contributed by atoms with Gasteiger partial charge in [-0.15, -0.1) is 12.4 Å². The van der Waals surface area contributed by atoms with Crippen molar-refractivity contribution in [3.8, 4) is 0 Å². The van der Waals surface area contributed by atoms with Crippen LogP contribution in [-0.4, -0.2) is 62.0 Å². The standard InChI is InChI=1S/C27H36F3N3O3S.ClH/c1-4-14-32(19-21-12-15-33(16-13-21)37(3,35)36)20(2)17-22-6-5-7-25(18-22)31-26(34)23-8-10-24(11-9-23)27(28,29)30;/h5-11,18,20-21H,4,12-17,19H2,1-3H3,(H,31,34);1H. The lowest BCUT2D eigenvalue weighted by molar-refractivity contribution is -0.137. The number of sulfonamides is 1. The summed E-state index contributed by atoms with van der Waals surface area (Å²) in [6.07, 6.45) is 0.302. The summed E-state index contributed by atoms with van der Waals surface area (Å²) in [5.41, 5.74) is 0.996. The Morgan fingerprint density at radius 2 is 1.76 bits per heavy atom. The van der Waals surface area contributed by atoms with E-state index in [1.807, 2.05) is 18.2 Å². The SMILES string of the molecule is CCCN(CC1CCN(S(C)(=O)=O)CC1)C(C)Cc1cccc(NC(=O)c2ccc(C(F)(F)F)cc2)c1.Cl. The van der Waals surface area contributed by atoms with Gasteiger partial charge in [-0.2, -0.15) is 13.2 Å². The fraction of sp³-hybridized carbons (Fsp3) is 0.519. The second-order valence-electron chi connectivity index (χ2n) is 9.88. The van der Waals surface area contributed by atoms with Gasteiger partial charge in [0.15, 0.2) is 0 Å². The molecule has 2 aromatic rings. The summed E-state index contributed by atoms with van der Waals surface area (Å²) in [5, 5.41) is 2.78. The number of carbonyl (C=O) groups excluding carboxylic acids is 1. The Bertz CT molecular complexity index is 1150. The van der Waals surface area contributed by atoms with Gasteiger partial charge in [0.1, 0.15) is 0 Å². The Hall–Kier alpha value is -2.14. The van der Waals surface area contributed by atoms with Crippen LogP contribution in [-0.2, 0) is 22.6 Å². The van der Waals surface area contributed by atoms with Gasteiger partial charge in [0.25, 0.3) is 5.91 Å². The van der Waals surface area contributed by atoms with E-state index in [0.717, 1.165) is 56.5 Å². The molecule has 1 aliphatic heterocycles. The summed E-state index contributed by atoms with van der Waals surface area (Å²) in [5.74, 6) is -0.0201. The quantitative estimate of drug-likeness (QED) is 0.395. The number of benzene rings is 2. The van der Waals surface area contributed by atoms with Crippen LogP contribution in [0.2, 0.25) is 0 Å². The van der Waals surface area contributed by atoms with Gasteiger partial charge in [-0.05, 0) is 87.0 Å². The molecule has 2 aromatic carbocycles. The van der Waals surface area contributed by atoms with Gasteiger partial charge in [-0.1, -0.05) is 19.1 Å². The molecule has 6 nitrogen and oxygen atoms in total. The average molecular weight is 576 g/mol. The van der Waals surface area contributed by atoms with Crippen molar-refractivity contribution < 1.29 is 26.4 Å². The fourth-order valence-electron chi connectivity index (χ4n) is 4.79. The fourth-order valence-corrected chi connectivity index (χ4v) is 5.67. The zero-order valence-corrected chi connectivity index (χ0v) is 23.6. The molecule has 212 valence electrons. The van der Waals surface area contributed by atoms with E-state index in [0.29, 0.717) is 24.7 Å². The van der Waals surface area contributed by atoms with Gasteiger partial charge in [-0.25, -0.2) is 12.7 Å². The largest absolute Gasteiger partial charge is 0.416 e. The van der Waals surface area contributed by atoms with Crippen molar-refractivity contribution in [2.75, 3.05) is 37.8 Å². The highest BCUT2D eigenvalue weighted by atomic mass is 35.5. The Morgan fingerprint density at radius 3 is 2.32 bits per heavy atom. The molecule has 0 aliphatic carbocycles. The summed E-state index contributed by atoms with van der Waals surface area (Å²) in [7, 11) is -3.14. The second-order valence-corrected chi connectivity index (χ2v) is 11.9. The van der Waals surface area contributed by atoms with E-state index < -0.39 is 27.7 Å². The van der Waals surface area contributed by atoms with Crippen molar-refractivity contribution in [2.24, 2.45) is 5.92 Å². The van der Waals surface area contributed by atoms with Crippen LogP contribution < -0.4 is 5.32 Å². The van der Waals surface area contributed by atoms with Gasteiger partial charge in [0.05, 0.1) is 11.8 Å². The number of hydrogen-bond acceptors (Lipinski definition) is 4. The number of amides is 1.